The Morgan fingerprint density at radius 1 is 1.00 bits per heavy atom. The molecule has 0 N–H and O–H groups in total. The van der Waals surface area contributed by atoms with E-state index in [1.807, 2.05) is 0 Å². The summed E-state index contributed by atoms with van der Waals surface area (Å²) in [5, 5.41) is 0. The van der Waals surface area contributed by atoms with Gasteiger partial charge in [-0.3, -0.25) is 0 Å². The summed E-state index contributed by atoms with van der Waals surface area (Å²) in [6, 6.07) is 5.11. The van der Waals surface area contributed by atoms with E-state index in [4.69, 9.17) is 14.2 Å². The predicted molar refractivity (Wildman–Crippen MR) is 78.4 cm³/mol. The van der Waals surface area contributed by atoms with Crippen molar-refractivity contribution >= 4 is 5.97 Å². The largest absolute Gasteiger partial charge is 0.489 e. The maximum absolute atomic E-state index is 11.6. The fourth-order valence-electron chi connectivity index (χ4n) is 1.50. The van der Waals surface area contributed by atoms with Crippen molar-refractivity contribution in [3.8, 4) is 11.5 Å². The molecule has 4 nitrogen and oxygen atoms in total. The Morgan fingerprint density at radius 3 is 2.05 bits per heavy atom. The van der Waals surface area contributed by atoms with E-state index in [0.717, 1.165) is 0 Å². The second-order valence-electron chi connectivity index (χ2n) is 5.56. The van der Waals surface area contributed by atoms with Gasteiger partial charge in [-0.25, -0.2) is 4.79 Å². The molecular weight excluding hydrogens is 256 g/mol. The lowest BCUT2D eigenvalue weighted by atomic mass is 10.2. The highest BCUT2D eigenvalue weighted by Gasteiger charge is 2.13. The van der Waals surface area contributed by atoms with Crippen molar-refractivity contribution in [3.63, 3.8) is 0 Å². The Balaban J connectivity index is 2.93. The molecule has 4 heteroatoms. The van der Waals surface area contributed by atoms with Gasteiger partial charge in [-0.2, -0.15) is 0 Å². The molecule has 0 aliphatic heterocycles. The third-order valence-electron chi connectivity index (χ3n) is 2.51. The average Bonchev–Trinajstić information content (AvgIpc) is 2.42. The van der Waals surface area contributed by atoms with E-state index < -0.39 is 0 Å². The van der Waals surface area contributed by atoms with Crippen molar-refractivity contribution in [1.29, 1.82) is 0 Å². The molecule has 0 aliphatic carbocycles. The maximum atomic E-state index is 11.6. The van der Waals surface area contributed by atoms with Gasteiger partial charge in [0.2, 0.25) is 0 Å². The molecule has 20 heavy (non-hydrogen) atoms. The van der Waals surface area contributed by atoms with Crippen LogP contribution in [-0.4, -0.2) is 26.3 Å². The molecule has 0 atom stereocenters. The minimum atomic E-state index is -0.380. The van der Waals surface area contributed by atoms with Gasteiger partial charge in [0.15, 0.2) is 11.5 Å². The lowest BCUT2D eigenvalue weighted by molar-refractivity contribution is 0.0600. The summed E-state index contributed by atoms with van der Waals surface area (Å²) >= 11 is 0. The Bertz CT molecular complexity index is 438. The molecule has 0 aromatic heterocycles. The van der Waals surface area contributed by atoms with Gasteiger partial charge in [-0.1, -0.05) is 27.7 Å². The summed E-state index contributed by atoms with van der Waals surface area (Å²) in [7, 11) is 1.36. The maximum Gasteiger partial charge on any atom is 0.337 e. The Hall–Kier alpha value is -1.71. The van der Waals surface area contributed by atoms with Gasteiger partial charge >= 0.3 is 5.97 Å². The fourth-order valence-corrected chi connectivity index (χ4v) is 1.50. The van der Waals surface area contributed by atoms with E-state index in [0.29, 0.717) is 42.1 Å². The van der Waals surface area contributed by atoms with Crippen LogP contribution in [0.3, 0.4) is 0 Å². The molecule has 0 aliphatic rings. The first-order valence-electron chi connectivity index (χ1n) is 6.92. The summed E-state index contributed by atoms with van der Waals surface area (Å²) in [6.45, 7) is 9.48. The third kappa shape index (κ3) is 5.11. The molecule has 0 unspecified atom stereocenters. The number of hydrogen-bond acceptors (Lipinski definition) is 4. The number of ether oxygens (including phenoxy) is 3. The normalized spacial score (nSPS) is 10.8. The number of esters is 1. The topological polar surface area (TPSA) is 44.8 Å². The number of hydrogen-bond donors (Lipinski definition) is 0. The first-order valence-corrected chi connectivity index (χ1v) is 6.92. The van der Waals surface area contributed by atoms with Crippen molar-refractivity contribution in [3.05, 3.63) is 23.8 Å². The fraction of sp³-hybridized carbons (Fsp3) is 0.562. The molecule has 112 valence electrons. The van der Waals surface area contributed by atoms with E-state index >= 15 is 0 Å². The van der Waals surface area contributed by atoms with Gasteiger partial charge in [-0.15, -0.1) is 0 Å². The Morgan fingerprint density at radius 2 is 1.55 bits per heavy atom. The van der Waals surface area contributed by atoms with Gasteiger partial charge in [-0.05, 0) is 30.0 Å². The zero-order chi connectivity index (χ0) is 15.1. The lowest BCUT2D eigenvalue weighted by Crippen LogP contribution is -2.10. The average molecular weight is 280 g/mol. The molecule has 1 aromatic carbocycles. The predicted octanol–water partition coefficient (Wildman–Crippen LogP) is 3.54. The molecule has 0 spiro atoms. The van der Waals surface area contributed by atoms with Crippen LogP contribution in [0.25, 0.3) is 0 Å². The lowest BCUT2D eigenvalue weighted by Gasteiger charge is -2.16. The summed E-state index contributed by atoms with van der Waals surface area (Å²) in [5.74, 6) is 1.69. The number of benzene rings is 1. The van der Waals surface area contributed by atoms with Gasteiger partial charge in [0.25, 0.3) is 0 Å². The van der Waals surface area contributed by atoms with E-state index in [1.165, 1.54) is 7.11 Å². The highest BCUT2D eigenvalue weighted by molar-refractivity contribution is 5.90. The number of carbonyl (C=O) groups excluding carboxylic acids is 1. The van der Waals surface area contributed by atoms with Crippen LogP contribution in [0.2, 0.25) is 0 Å². The molecular formula is C16H24O4. The van der Waals surface area contributed by atoms with E-state index in [1.54, 1.807) is 18.2 Å². The van der Waals surface area contributed by atoms with Crippen LogP contribution in [0, 0.1) is 11.8 Å². The first kappa shape index (κ1) is 16.3. The summed E-state index contributed by atoms with van der Waals surface area (Å²) in [5.41, 5.74) is 0.461. The zero-order valence-corrected chi connectivity index (χ0v) is 12.9. The number of methoxy groups -OCH3 is 1. The second-order valence-corrected chi connectivity index (χ2v) is 5.56. The van der Waals surface area contributed by atoms with Crippen LogP contribution in [0.4, 0.5) is 0 Å². The second kappa shape index (κ2) is 7.78. The van der Waals surface area contributed by atoms with Crippen LogP contribution in [0.1, 0.15) is 38.1 Å². The minimum Gasteiger partial charge on any atom is -0.489 e. The van der Waals surface area contributed by atoms with Crippen molar-refractivity contribution in [2.75, 3.05) is 20.3 Å². The summed E-state index contributed by atoms with van der Waals surface area (Å²) in [6.07, 6.45) is 0. The minimum absolute atomic E-state index is 0.380. The molecule has 0 saturated carbocycles. The molecule has 0 radical (unpaired) electrons. The third-order valence-corrected chi connectivity index (χ3v) is 2.51. The molecule has 1 aromatic rings. The van der Waals surface area contributed by atoms with Crippen LogP contribution in [0.15, 0.2) is 18.2 Å². The number of rotatable bonds is 7. The monoisotopic (exact) mass is 280 g/mol. The standard InChI is InChI=1S/C16H24O4/c1-11(2)9-19-14-7-6-13(16(17)18-5)8-15(14)20-10-12(3)4/h6-8,11-12H,9-10H2,1-5H3. The molecule has 1 rings (SSSR count). The molecule has 0 saturated heterocycles. The Labute approximate surface area is 121 Å². The van der Waals surface area contributed by atoms with Crippen molar-refractivity contribution in [1.82, 2.24) is 0 Å². The SMILES string of the molecule is COC(=O)c1ccc(OCC(C)C)c(OCC(C)C)c1. The molecule has 0 heterocycles. The van der Waals surface area contributed by atoms with E-state index in [-0.39, 0.29) is 5.97 Å². The molecule has 0 amide bonds. The van der Waals surface area contributed by atoms with Crippen LogP contribution in [0.5, 0.6) is 11.5 Å². The van der Waals surface area contributed by atoms with Gasteiger partial charge in [0.05, 0.1) is 25.9 Å². The van der Waals surface area contributed by atoms with Crippen molar-refractivity contribution < 1.29 is 19.0 Å². The van der Waals surface area contributed by atoms with Gasteiger partial charge in [0.1, 0.15) is 0 Å². The summed E-state index contributed by atoms with van der Waals surface area (Å²) in [4.78, 5) is 11.6. The smallest absolute Gasteiger partial charge is 0.337 e. The van der Waals surface area contributed by atoms with Gasteiger partial charge in [0, 0.05) is 0 Å². The molecule has 0 bridgehead atoms. The summed E-state index contributed by atoms with van der Waals surface area (Å²) < 4.78 is 16.2. The van der Waals surface area contributed by atoms with E-state index in [2.05, 4.69) is 27.7 Å². The molecule has 0 fully saturated rings. The van der Waals surface area contributed by atoms with E-state index in [9.17, 15) is 4.79 Å². The van der Waals surface area contributed by atoms with Crippen molar-refractivity contribution in [2.24, 2.45) is 11.8 Å². The Kier molecular flexibility index (Phi) is 6.36. The van der Waals surface area contributed by atoms with Crippen molar-refractivity contribution in [2.45, 2.75) is 27.7 Å². The van der Waals surface area contributed by atoms with Crippen LogP contribution < -0.4 is 9.47 Å². The first-order chi connectivity index (χ1) is 9.43. The number of carbonyl (C=O) groups is 1. The zero-order valence-electron chi connectivity index (χ0n) is 12.9. The van der Waals surface area contributed by atoms with Crippen LogP contribution >= 0.6 is 0 Å². The quantitative estimate of drug-likeness (QED) is 0.717. The highest BCUT2D eigenvalue weighted by Crippen LogP contribution is 2.29. The highest BCUT2D eigenvalue weighted by atomic mass is 16.5. The van der Waals surface area contributed by atoms with Crippen LogP contribution in [-0.2, 0) is 4.74 Å². The van der Waals surface area contributed by atoms with Gasteiger partial charge < -0.3 is 14.2 Å².